The second-order valence-electron chi connectivity index (χ2n) is 4.39. The summed E-state index contributed by atoms with van der Waals surface area (Å²) in [7, 11) is -2.31. The normalized spacial score (nSPS) is 13.0. The fraction of sp³-hybridized carbons (Fsp3) is 0.636. The number of aromatic nitrogens is 1. The van der Waals surface area contributed by atoms with Crippen LogP contribution in [-0.2, 0) is 14.8 Å². The van der Waals surface area contributed by atoms with Gasteiger partial charge in [-0.15, -0.1) is 0 Å². The summed E-state index contributed by atoms with van der Waals surface area (Å²) >= 11 is 0. The minimum Gasteiger partial charge on any atom is -0.409 e. The highest BCUT2D eigenvalue weighted by Crippen LogP contribution is 2.23. The Morgan fingerprint density at radius 2 is 2.14 bits per heavy atom. The number of hydrogen-bond acceptors (Lipinski definition) is 7. The Bertz CT molecular complexity index is 576. The first-order chi connectivity index (χ1) is 9.84. The van der Waals surface area contributed by atoms with Gasteiger partial charge in [-0.25, -0.2) is 8.42 Å². The lowest BCUT2D eigenvalue weighted by atomic mass is 10.4. The molecule has 0 aliphatic heterocycles. The number of hydrogen-bond donors (Lipinski definition) is 2. The molecule has 1 rings (SSSR count). The van der Waals surface area contributed by atoms with Gasteiger partial charge in [0.1, 0.15) is 16.4 Å². The van der Waals surface area contributed by atoms with Crippen LogP contribution < -0.4 is 5.73 Å². The van der Waals surface area contributed by atoms with Crippen LogP contribution in [-0.4, -0.2) is 55.7 Å². The van der Waals surface area contributed by atoms with Gasteiger partial charge in [0.2, 0.25) is 10.0 Å². The highest BCUT2D eigenvalue weighted by atomic mass is 32.2. The molecule has 9 nitrogen and oxygen atoms in total. The van der Waals surface area contributed by atoms with Crippen LogP contribution >= 0.6 is 0 Å². The summed E-state index contributed by atoms with van der Waals surface area (Å²) in [5.41, 5.74) is 5.68. The van der Waals surface area contributed by atoms with Crippen LogP contribution in [0.2, 0.25) is 0 Å². The van der Waals surface area contributed by atoms with Crippen LogP contribution in [0.3, 0.4) is 0 Å². The Labute approximate surface area is 123 Å². The van der Waals surface area contributed by atoms with E-state index in [4.69, 9.17) is 20.2 Å². The van der Waals surface area contributed by atoms with Gasteiger partial charge in [-0.2, -0.15) is 4.31 Å². The molecular weight excluding hydrogens is 300 g/mol. The van der Waals surface area contributed by atoms with Crippen molar-refractivity contribution in [1.29, 1.82) is 0 Å². The molecule has 0 fully saturated rings. The molecular formula is C11H20N4O5S. The van der Waals surface area contributed by atoms with E-state index in [2.05, 4.69) is 10.3 Å². The highest BCUT2D eigenvalue weighted by Gasteiger charge is 2.30. The van der Waals surface area contributed by atoms with E-state index in [1.165, 1.54) is 18.3 Å². The minimum atomic E-state index is -3.79. The summed E-state index contributed by atoms with van der Waals surface area (Å²) in [6.45, 7) is 3.51. The summed E-state index contributed by atoms with van der Waals surface area (Å²) in [4.78, 5) is 0.0399. The van der Waals surface area contributed by atoms with E-state index in [9.17, 15) is 8.42 Å². The molecule has 120 valence electrons. The van der Waals surface area contributed by atoms with Crippen molar-refractivity contribution < 1.29 is 22.9 Å². The van der Waals surface area contributed by atoms with Gasteiger partial charge in [0.05, 0.1) is 6.61 Å². The maximum atomic E-state index is 12.7. The quantitative estimate of drug-likeness (QED) is 0.300. The number of rotatable bonds is 8. The molecule has 0 saturated carbocycles. The molecule has 10 heteroatoms. The number of nitrogens with two attached hydrogens (primary N) is 1. The molecule has 0 atom stereocenters. The first-order valence-electron chi connectivity index (χ1n) is 6.23. The summed E-state index contributed by atoms with van der Waals surface area (Å²) in [5.74, 6) is 0.171. The lowest BCUT2D eigenvalue weighted by Crippen LogP contribution is -2.37. The van der Waals surface area contributed by atoms with E-state index in [0.717, 1.165) is 0 Å². The molecule has 0 bridgehead atoms. The number of ether oxygens (including phenoxy) is 1. The van der Waals surface area contributed by atoms with E-state index in [0.29, 0.717) is 5.69 Å². The molecule has 21 heavy (non-hydrogen) atoms. The first kappa shape index (κ1) is 17.4. The number of aryl methyl sites for hydroxylation is 2. The number of amidine groups is 1. The third kappa shape index (κ3) is 4.16. The Balaban J connectivity index is 3.06. The fourth-order valence-corrected chi connectivity index (χ4v) is 3.52. The van der Waals surface area contributed by atoms with Crippen molar-refractivity contribution in [3.63, 3.8) is 0 Å². The van der Waals surface area contributed by atoms with Gasteiger partial charge in [-0.3, -0.25) is 0 Å². The van der Waals surface area contributed by atoms with E-state index < -0.39 is 10.0 Å². The molecule has 1 aromatic rings. The Kier molecular flexibility index (Phi) is 6.12. The van der Waals surface area contributed by atoms with Crippen LogP contribution in [0.4, 0.5) is 0 Å². The van der Waals surface area contributed by atoms with Crippen molar-refractivity contribution in [3.8, 4) is 0 Å². The summed E-state index contributed by atoms with van der Waals surface area (Å²) in [6.07, 6.45) is 0.100. The molecule has 0 saturated heterocycles. The van der Waals surface area contributed by atoms with Gasteiger partial charge in [0, 0.05) is 26.6 Å². The predicted octanol–water partition coefficient (Wildman–Crippen LogP) is 0.0650. The Morgan fingerprint density at radius 1 is 1.48 bits per heavy atom. The van der Waals surface area contributed by atoms with Crippen LogP contribution in [0.5, 0.6) is 0 Å². The average molecular weight is 320 g/mol. The highest BCUT2D eigenvalue weighted by molar-refractivity contribution is 7.89. The maximum Gasteiger partial charge on any atom is 0.248 e. The first-order valence-corrected chi connectivity index (χ1v) is 7.67. The van der Waals surface area contributed by atoms with Crippen LogP contribution in [0.25, 0.3) is 0 Å². The molecule has 1 aromatic heterocycles. The molecule has 0 amide bonds. The van der Waals surface area contributed by atoms with Gasteiger partial charge in [-0.05, 0) is 13.8 Å². The van der Waals surface area contributed by atoms with Crippen molar-refractivity contribution in [2.75, 3.05) is 26.8 Å². The fourth-order valence-electron chi connectivity index (χ4n) is 1.81. The van der Waals surface area contributed by atoms with Crippen molar-refractivity contribution in [2.24, 2.45) is 10.9 Å². The summed E-state index contributed by atoms with van der Waals surface area (Å²) < 4.78 is 36.4. The molecule has 0 aliphatic carbocycles. The Hall–Kier alpha value is -1.65. The standard InChI is InChI=1S/C11H20N4O5S/c1-8-11(9(2)20-14-8)21(17,18)15(6-7-19-3)5-4-10(12)13-16/h16H,4-7H2,1-3H3,(H2,12,13). The van der Waals surface area contributed by atoms with E-state index in [-0.39, 0.29) is 42.6 Å². The zero-order chi connectivity index (χ0) is 16.0. The van der Waals surface area contributed by atoms with E-state index in [1.54, 1.807) is 6.92 Å². The van der Waals surface area contributed by atoms with Crippen LogP contribution in [0.15, 0.2) is 14.6 Å². The van der Waals surface area contributed by atoms with Gasteiger partial charge in [0.25, 0.3) is 0 Å². The monoisotopic (exact) mass is 320 g/mol. The second-order valence-corrected chi connectivity index (χ2v) is 6.27. The SMILES string of the molecule is COCCN(CCC(N)=NO)S(=O)(=O)c1c(C)noc1C. The third-order valence-electron chi connectivity index (χ3n) is 2.86. The van der Waals surface area contributed by atoms with Gasteiger partial charge in [-0.1, -0.05) is 10.3 Å². The molecule has 0 radical (unpaired) electrons. The number of nitrogens with zero attached hydrogens (tertiary/aromatic N) is 3. The van der Waals surface area contributed by atoms with E-state index in [1.807, 2.05) is 0 Å². The number of sulfonamides is 1. The van der Waals surface area contributed by atoms with E-state index >= 15 is 0 Å². The van der Waals surface area contributed by atoms with Gasteiger partial charge in [0.15, 0.2) is 5.76 Å². The smallest absolute Gasteiger partial charge is 0.248 e. The van der Waals surface area contributed by atoms with Crippen molar-refractivity contribution in [2.45, 2.75) is 25.2 Å². The zero-order valence-corrected chi connectivity index (χ0v) is 13.1. The molecule has 0 spiro atoms. The topological polar surface area (TPSA) is 131 Å². The third-order valence-corrected chi connectivity index (χ3v) is 5.00. The lowest BCUT2D eigenvalue weighted by Gasteiger charge is -2.21. The maximum absolute atomic E-state index is 12.7. The van der Waals surface area contributed by atoms with Gasteiger partial charge >= 0.3 is 0 Å². The number of methoxy groups -OCH3 is 1. The minimum absolute atomic E-state index is 0.0399. The average Bonchev–Trinajstić information content (AvgIpc) is 2.77. The van der Waals surface area contributed by atoms with Crippen LogP contribution in [0.1, 0.15) is 17.9 Å². The Morgan fingerprint density at radius 3 is 2.62 bits per heavy atom. The summed E-state index contributed by atoms with van der Waals surface area (Å²) in [5, 5.41) is 15.0. The largest absolute Gasteiger partial charge is 0.409 e. The second kappa shape index (κ2) is 7.38. The summed E-state index contributed by atoms with van der Waals surface area (Å²) in [6, 6.07) is 0. The molecule has 0 aromatic carbocycles. The van der Waals surface area contributed by atoms with Crippen molar-refractivity contribution in [1.82, 2.24) is 9.46 Å². The number of oxime groups is 1. The predicted molar refractivity (Wildman–Crippen MR) is 74.6 cm³/mol. The van der Waals surface area contributed by atoms with Gasteiger partial charge < -0.3 is 20.2 Å². The lowest BCUT2D eigenvalue weighted by molar-refractivity contribution is 0.179. The molecule has 3 N–H and O–H groups in total. The zero-order valence-electron chi connectivity index (χ0n) is 12.2. The van der Waals surface area contributed by atoms with Crippen molar-refractivity contribution >= 4 is 15.9 Å². The molecule has 1 heterocycles. The van der Waals surface area contributed by atoms with Crippen molar-refractivity contribution in [3.05, 3.63) is 11.5 Å². The molecule has 0 aliphatic rings. The van der Waals surface area contributed by atoms with Crippen LogP contribution in [0, 0.1) is 13.8 Å². The molecule has 0 unspecified atom stereocenters.